The molecule has 24 heavy (non-hydrogen) atoms. The number of aliphatic hydroxyl groups is 1. The van der Waals surface area contributed by atoms with Crippen LogP contribution in [0.3, 0.4) is 0 Å². The molecule has 0 spiro atoms. The van der Waals surface area contributed by atoms with Gasteiger partial charge >= 0.3 is 29.6 Å². The summed E-state index contributed by atoms with van der Waals surface area (Å²) in [4.78, 5) is 22.7. The number of nitrogens with one attached hydrogen (secondary N) is 2. The molecular weight excluding hydrogens is 321 g/mol. The second kappa shape index (κ2) is 15.9. The number of aliphatic carboxylic acids is 1. The number of unbranched alkanes of at least 4 members (excludes halogenated alkanes) is 6. The van der Waals surface area contributed by atoms with E-state index >= 15 is 0 Å². The first-order valence-corrected chi connectivity index (χ1v) is 8.08. The molecule has 134 valence electrons. The minimum Gasteiger partial charge on any atom is -0.548 e. The fourth-order valence-electron chi connectivity index (χ4n) is 2.08. The van der Waals surface area contributed by atoms with Crippen LogP contribution in [0.15, 0.2) is 0 Å². The van der Waals surface area contributed by atoms with Crippen LogP contribution in [0.4, 0.5) is 0 Å². The summed E-state index contributed by atoms with van der Waals surface area (Å²) in [6, 6.07) is 0. The van der Waals surface area contributed by atoms with Crippen LogP contribution in [0.5, 0.6) is 0 Å². The number of aliphatic hydroxyl groups excluding tert-OH is 1. The zero-order valence-electron chi connectivity index (χ0n) is 17.8. The molecular formula is C16H30N3NaO4. The number of hydrogen-bond acceptors (Lipinski definition) is 5. The normalized spacial score (nSPS) is 13.7. The average molecular weight is 354 g/mol. The number of nitrogens with zero attached hydrogens (tertiary/aromatic N) is 1. The number of amides is 1. The van der Waals surface area contributed by atoms with Crippen molar-refractivity contribution in [1.29, 1.82) is 5.41 Å². The summed E-state index contributed by atoms with van der Waals surface area (Å²) in [5, 5.41) is 29.4. The Balaban J connectivity index is 0. The molecule has 0 rings (SSSR count). The number of guanidine groups is 1. The van der Waals surface area contributed by atoms with Gasteiger partial charge in [0.25, 0.3) is 0 Å². The Kier molecular flexibility index (Phi) is 13.0. The number of rotatable bonds is 12. The molecule has 0 aromatic heterocycles. The molecule has 1 atom stereocenters. The van der Waals surface area contributed by atoms with E-state index in [2.05, 4.69) is 5.32 Å². The van der Waals surface area contributed by atoms with Gasteiger partial charge in [0.15, 0.2) is 5.96 Å². The molecule has 0 aromatic carbocycles. The van der Waals surface area contributed by atoms with Crippen molar-refractivity contribution in [3.05, 3.63) is 0 Å². The van der Waals surface area contributed by atoms with Gasteiger partial charge in [0.05, 0.1) is 18.6 Å². The third kappa shape index (κ3) is 16.2. The van der Waals surface area contributed by atoms with E-state index in [0.717, 1.165) is 44.9 Å². The molecule has 0 fully saturated rings. The number of hydrogen-bond donors (Lipinski definition) is 3. The summed E-state index contributed by atoms with van der Waals surface area (Å²) in [5.74, 6) is -2.93. The smallest absolute Gasteiger partial charge is 0.548 e. The number of likely N-dealkylation sites (N-methyl/N-ethyl adjacent to an activating group) is 1. The zero-order chi connectivity index (χ0) is 20.2. The van der Waals surface area contributed by atoms with Gasteiger partial charge in [-0.3, -0.25) is 15.5 Å². The first-order chi connectivity index (χ1) is 12.0. The van der Waals surface area contributed by atoms with E-state index < -0.39 is 31.4 Å². The van der Waals surface area contributed by atoms with Gasteiger partial charge in [-0.1, -0.05) is 38.5 Å². The summed E-state index contributed by atoms with van der Waals surface area (Å²) in [7, 11) is 0. The minimum absolute atomic E-state index is 0. The third-order valence-corrected chi connectivity index (χ3v) is 3.34. The van der Waals surface area contributed by atoms with Gasteiger partial charge in [-0.2, -0.15) is 0 Å². The molecule has 0 aliphatic carbocycles. The molecule has 3 N–H and O–H groups in total. The van der Waals surface area contributed by atoms with E-state index in [1.807, 2.05) is 0 Å². The van der Waals surface area contributed by atoms with Gasteiger partial charge < -0.3 is 19.9 Å². The van der Waals surface area contributed by atoms with Gasteiger partial charge in [-0.05, 0) is 19.8 Å². The predicted octanol–water partition coefficient (Wildman–Crippen LogP) is -2.39. The number of carbonyl (C=O) groups excluding carboxylic acids is 2. The van der Waals surface area contributed by atoms with Crippen LogP contribution in [0.25, 0.3) is 0 Å². The van der Waals surface area contributed by atoms with Crippen molar-refractivity contribution < 1.29 is 53.5 Å². The minimum atomic E-state index is -2.85. The third-order valence-electron chi connectivity index (χ3n) is 3.34. The fourth-order valence-corrected chi connectivity index (χ4v) is 2.08. The molecule has 1 unspecified atom stereocenters. The Morgan fingerprint density at radius 1 is 1.21 bits per heavy atom. The van der Waals surface area contributed by atoms with Crippen molar-refractivity contribution in [2.75, 3.05) is 13.5 Å². The largest absolute Gasteiger partial charge is 1.00 e. The Bertz CT molecular complexity index is 463. The SMILES string of the molecule is [2H]C([2H])([2H])N(CC(=O)[O-])C(=N)NC(=O)CCCCCCCCCC(C)O.[Na+]. The molecule has 1 amide bonds. The maximum absolute atomic E-state index is 11.8. The monoisotopic (exact) mass is 354 g/mol. The van der Waals surface area contributed by atoms with Crippen LogP contribution < -0.4 is 40.0 Å². The molecule has 8 heteroatoms. The molecule has 0 saturated heterocycles. The Morgan fingerprint density at radius 3 is 2.25 bits per heavy atom. The van der Waals surface area contributed by atoms with Crippen molar-refractivity contribution in [3.8, 4) is 0 Å². The summed E-state index contributed by atoms with van der Waals surface area (Å²) >= 11 is 0. The first kappa shape index (κ1) is 19.7. The molecule has 0 radical (unpaired) electrons. The standard InChI is InChI=1S/C16H31N3O4.Na/c1-13(20)10-8-6-4-3-5-7-9-11-14(21)18-16(17)19(2)12-15(22)23;/h13,20H,3-12H2,1-2H3,(H,22,23)(H2,17,18,21);/q;+1/p-1/i2D3;. The summed E-state index contributed by atoms with van der Waals surface area (Å²) in [5.41, 5.74) is 0. The van der Waals surface area contributed by atoms with Crippen molar-refractivity contribution >= 4 is 17.8 Å². The summed E-state index contributed by atoms with van der Waals surface area (Å²) < 4.78 is 21.6. The number of carbonyl (C=O) groups is 2. The zero-order valence-corrected chi connectivity index (χ0v) is 16.8. The Morgan fingerprint density at radius 2 is 1.75 bits per heavy atom. The number of carboxylic acid groups (broad SMARTS) is 1. The van der Waals surface area contributed by atoms with Crippen molar-refractivity contribution in [2.45, 2.75) is 70.8 Å². The van der Waals surface area contributed by atoms with Gasteiger partial charge in [-0.15, -0.1) is 0 Å². The van der Waals surface area contributed by atoms with E-state index in [1.54, 1.807) is 6.92 Å². The van der Waals surface area contributed by atoms with Gasteiger partial charge in [0.1, 0.15) is 0 Å². The van der Waals surface area contributed by atoms with E-state index in [0.29, 0.717) is 11.3 Å². The average Bonchev–Trinajstić information content (AvgIpc) is 2.49. The maximum Gasteiger partial charge on any atom is 1.00 e. The molecule has 0 heterocycles. The topological polar surface area (TPSA) is 117 Å². The summed E-state index contributed by atoms with van der Waals surface area (Å²) in [6.07, 6.45) is 7.36. The maximum atomic E-state index is 11.8. The van der Waals surface area contributed by atoms with Crippen LogP contribution in [-0.2, 0) is 9.59 Å². The van der Waals surface area contributed by atoms with Crippen molar-refractivity contribution in [2.24, 2.45) is 0 Å². The van der Waals surface area contributed by atoms with Gasteiger partial charge in [0.2, 0.25) is 5.91 Å². The second-order valence-corrected chi connectivity index (χ2v) is 5.72. The van der Waals surface area contributed by atoms with E-state index in [4.69, 9.17) is 14.6 Å². The molecule has 0 aromatic rings. The fraction of sp³-hybridized carbons (Fsp3) is 0.812. The van der Waals surface area contributed by atoms with Crippen LogP contribution in [-0.4, -0.2) is 47.5 Å². The van der Waals surface area contributed by atoms with Crippen LogP contribution in [0, 0.1) is 5.41 Å². The molecule has 0 aliphatic heterocycles. The number of carboxylic acids is 1. The molecule has 0 bridgehead atoms. The van der Waals surface area contributed by atoms with Crippen molar-refractivity contribution in [1.82, 2.24) is 10.2 Å². The van der Waals surface area contributed by atoms with Crippen LogP contribution in [0.2, 0.25) is 0 Å². The van der Waals surface area contributed by atoms with Crippen LogP contribution >= 0.6 is 0 Å². The Labute approximate surface area is 171 Å². The Hall–Kier alpha value is -0.630. The van der Waals surface area contributed by atoms with Crippen LogP contribution in [0.1, 0.15) is 68.8 Å². The first-order valence-electron chi connectivity index (χ1n) is 9.58. The predicted molar refractivity (Wildman–Crippen MR) is 86.7 cm³/mol. The van der Waals surface area contributed by atoms with E-state index in [1.165, 1.54) is 0 Å². The molecule has 0 saturated carbocycles. The molecule has 0 aliphatic rings. The van der Waals surface area contributed by atoms with Crippen molar-refractivity contribution in [3.63, 3.8) is 0 Å². The van der Waals surface area contributed by atoms with E-state index in [-0.39, 0.29) is 42.1 Å². The molecule has 7 nitrogen and oxygen atoms in total. The van der Waals surface area contributed by atoms with E-state index in [9.17, 15) is 14.7 Å². The summed E-state index contributed by atoms with van der Waals surface area (Å²) in [6.45, 7) is -2.07. The second-order valence-electron chi connectivity index (χ2n) is 5.72. The quantitative estimate of drug-likeness (QED) is 0.157. The van der Waals surface area contributed by atoms with Gasteiger partial charge in [-0.25, -0.2) is 0 Å². The van der Waals surface area contributed by atoms with Gasteiger partial charge in [0, 0.05) is 17.5 Å².